The molecule has 1 atom stereocenters. The minimum atomic E-state index is -3.82. The van der Waals surface area contributed by atoms with Gasteiger partial charge in [0.2, 0.25) is 15.9 Å². The van der Waals surface area contributed by atoms with Crippen LogP contribution in [-0.4, -0.2) is 70.8 Å². The molecule has 0 spiro atoms. The van der Waals surface area contributed by atoms with E-state index in [-0.39, 0.29) is 12.4 Å². The number of phenols is 1. The van der Waals surface area contributed by atoms with Crippen molar-refractivity contribution in [3.05, 3.63) is 75.8 Å². The Hall–Kier alpha value is -3.65. The Bertz CT molecular complexity index is 1530. The summed E-state index contributed by atoms with van der Waals surface area (Å²) in [6, 6.07) is 11.9. The van der Waals surface area contributed by atoms with Gasteiger partial charge in [-0.15, -0.1) is 0 Å². The number of aliphatic hydroxyl groups is 1. The second-order valence-electron chi connectivity index (χ2n) is 10.7. The number of aryl methyl sites for hydroxylation is 1. The van der Waals surface area contributed by atoms with E-state index in [4.69, 9.17) is 9.47 Å². The van der Waals surface area contributed by atoms with Crippen molar-refractivity contribution < 1.29 is 38.0 Å². The fourth-order valence-corrected chi connectivity index (χ4v) is 5.30. The molecule has 1 heterocycles. The quantitative estimate of drug-likeness (QED) is 0.114. The molecular formula is C31H43N3O9S. The van der Waals surface area contributed by atoms with E-state index in [2.05, 4.69) is 5.32 Å². The fourth-order valence-electron chi connectivity index (χ4n) is 4.65. The van der Waals surface area contributed by atoms with Gasteiger partial charge in [-0.2, -0.15) is 3.97 Å². The highest BCUT2D eigenvalue weighted by molar-refractivity contribution is 7.89. The molecule has 0 saturated carbocycles. The number of unbranched alkanes of at least 4 members (excludes halogenated alkanes) is 4. The molecule has 0 unspecified atom stereocenters. The van der Waals surface area contributed by atoms with E-state index in [1.165, 1.54) is 13.0 Å². The first-order chi connectivity index (χ1) is 21.0. The van der Waals surface area contributed by atoms with Crippen molar-refractivity contribution >= 4 is 16.0 Å². The molecule has 0 radical (unpaired) electrons. The molecule has 242 valence electrons. The third-order valence-corrected chi connectivity index (χ3v) is 8.00. The van der Waals surface area contributed by atoms with Crippen LogP contribution in [0.5, 0.6) is 11.6 Å². The maximum atomic E-state index is 12.5. The van der Waals surface area contributed by atoms with Gasteiger partial charge in [0.1, 0.15) is 12.4 Å². The molecule has 3 aromatic rings. The second kappa shape index (κ2) is 17.0. The van der Waals surface area contributed by atoms with E-state index >= 15 is 0 Å². The van der Waals surface area contributed by atoms with Crippen LogP contribution in [0.2, 0.25) is 0 Å². The van der Waals surface area contributed by atoms with Crippen molar-refractivity contribution in [3.63, 3.8) is 0 Å². The van der Waals surface area contributed by atoms with Crippen molar-refractivity contribution in [3.8, 4) is 17.3 Å². The molecule has 3 rings (SSSR count). The minimum absolute atomic E-state index is 0.0192. The summed E-state index contributed by atoms with van der Waals surface area (Å²) in [6.07, 6.45) is 7.60. The van der Waals surface area contributed by atoms with Gasteiger partial charge in [-0.25, -0.2) is 17.8 Å². The number of esters is 1. The van der Waals surface area contributed by atoms with E-state index in [1.54, 1.807) is 30.3 Å². The summed E-state index contributed by atoms with van der Waals surface area (Å²) in [6.45, 7) is 3.75. The highest BCUT2D eigenvalue weighted by atomic mass is 32.2. The van der Waals surface area contributed by atoms with E-state index in [9.17, 15) is 33.3 Å². The third-order valence-electron chi connectivity index (χ3n) is 7.02. The van der Waals surface area contributed by atoms with Gasteiger partial charge in [0.05, 0.1) is 24.2 Å². The number of carbonyl (C=O) groups is 1. The Morgan fingerprint density at radius 3 is 2.43 bits per heavy atom. The molecule has 13 heteroatoms. The predicted molar refractivity (Wildman–Crippen MR) is 166 cm³/mol. The molecule has 12 nitrogen and oxygen atoms in total. The number of nitrogens with one attached hydrogen (secondary N) is 1. The first-order valence-corrected chi connectivity index (χ1v) is 16.6. The molecule has 4 N–H and O–H groups in total. The molecular weight excluding hydrogens is 590 g/mol. The van der Waals surface area contributed by atoms with Crippen LogP contribution in [0.25, 0.3) is 5.69 Å². The lowest BCUT2D eigenvalue weighted by atomic mass is 10.1. The van der Waals surface area contributed by atoms with Gasteiger partial charge >= 0.3 is 11.7 Å². The van der Waals surface area contributed by atoms with Crippen LogP contribution in [0.3, 0.4) is 0 Å². The van der Waals surface area contributed by atoms with Crippen LogP contribution in [0.4, 0.5) is 0 Å². The van der Waals surface area contributed by atoms with Crippen molar-refractivity contribution in [2.45, 2.75) is 64.6 Å². The van der Waals surface area contributed by atoms with Crippen molar-refractivity contribution in [1.29, 1.82) is 0 Å². The normalized spacial score (nSPS) is 12.3. The highest BCUT2D eigenvalue weighted by Crippen LogP contribution is 2.23. The number of hydrogen-bond acceptors (Lipinski definition) is 10. The Morgan fingerprint density at radius 2 is 1.73 bits per heavy atom. The van der Waals surface area contributed by atoms with E-state index < -0.39 is 33.7 Å². The molecule has 0 saturated heterocycles. The van der Waals surface area contributed by atoms with E-state index in [0.29, 0.717) is 40.5 Å². The summed E-state index contributed by atoms with van der Waals surface area (Å²) < 4.78 is 35.7. The Kier molecular flexibility index (Phi) is 13.5. The molecule has 44 heavy (non-hydrogen) atoms. The summed E-state index contributed by atoms with van der Waals surface area (Å²) >= 11 is 0. The standard InChI is InChI=1S/C31H43N3O9S/c1-23(35)43-22-26-19-25(13-14-28(26)36)29(37)20-32-15-6-3-4-7-16-42-17-8-5-10-24-11-9-12-27(18-24)34-30(38)21-33(31(34)39)44(2,40)41/h9,11-14,18-19,21,29,32,36-38H,3-8,10,15-17,20,22H2,1-2H3/t29-/m0/s1. The maximum Gasteiger partial charge on any atom is 0.349 e. The first kappa shape index (κ1) is 34.8. The molecule has 2 aromatic carbocycles. The number of ether oxygens (including phenoxy) is 2. The number of phenolic OH excluding ortho intramolecular Hbond substituents is 1. The number of rotatable bonds is 19. The number of aliphatic hydroxyl groups excluding tert-OH is 1. The number of aromatic nitrogens is 2. The zero-order chi connectivity index (χ0) is 32.1. The number of nitrogens with zero attached hydrogens (tertiary/aromatic N) is 2. The Balaban J connectivity index is 1.23. The minimum Gasteiger partial charge on any atom is -0.508 e. The number of aromatic hydroxyl groups is 2. The Morgan fingerprint density at radius 1 is 1.00 bits per heavy atom. The van der Waals surface area contributed by atoms with Crippen LogP contribution in [-0.2, 0) is 37.3 Å². The number of imidazole rings is 1. The lowest BCUT2D eigenvalue weighted by Crippen LogP contribution is -2.27. The average Bonchev–Trinajstić information content (AvgIpc) is 3.29. The van der Waals surface area contributed by atoms with Gasteiger partial charge in [-0.1, -0.05) is 31.0 Å². The fraction of sp³-hybridized carbons (Fsp3) is 0.484. The number of hydrogen-bond donors (Lipinski definition) is 4. The topological polar surface area (TPSA) is 169 Å². The average molecular weight is 634 g/mol. The van der Waals surface area contributed by atoms with Crippen LogP contribution < -0.4 is 11.0 Å². The van der Waals surface area contributed by atoms with Crippen molar-refractivity contribution in [1.82, 2.24) is 13.9 Å². The monoisotopic (exact) mass is 633 g/mol. The lowest BCUT2D eigenvalue weighted by Gasteiger charge is -2.14. The van der Waals surface area contributed by atoms with Gasteiger partial charge in [0.15, 0.2) is 0 Å². The lowest BCUT2D eigenvalue weighted by molar-refractivity contribution is -0.142. The summed E-state index contributed by atoms with van der Waals surface area (Å²) in [4.78, 5) is 23.5. The van der Waals surface area contributed by atoms with Crippen LogP contribution in [0.15, 0.2) is 53.5 Å². The number of benzene rings is 2. The molecule has 0 bridgehead atoms. The van der Waals surface area contributed by atoms with E-state index in [1.807, 2.05) is 6.07 Å². The zero-order valence-electron chi connectivity index (χ0n) is 25.3. The number of carbonyl (C=O) groups excluding carboxylic acids is 1. The van der Waals surface area contributed by atoms with Gasteiger partial charge in [0, 0.05) is 32.2 Å². The SMILES string of the molecule is CC(=O)OCc1cc([C@@H](O)CNCCCCCCOCCCCc2cccc(-n3c(O)cn(S(C)(=O)=O)c3=O)c2)ccc1O. The summed E-state index contributed by atoms with van der Waals surface area (Å²) in [5, 5.41) is 33.7. The maximum absolute atomic E-state index is 12.5. The largest absolute Gasteiger partial charge is 0.508 e. The van der Waals surface area contributed by atoms with Crippen molar-refractivity contribution in [2.75, 3.05) is 32.6 Å². The van der Waals surface area contributed by atoms with E-state index in [0.717, 1.165) is 74.1 Å². The van der Waals surface area contributed by atoms with Crippen molar-refractivity contribution in [2.24, 2.45) is 0 Å². The van der Waals surface area contributed by atoms with Gasteiger partial charge < -0.3 is 30.1 Å². The zero-order valence-corrected chi connectivity index (χ0v) is 26.1. The summed E-state index contributed by atoms with van der Waals surface area (Å²) in [5.74, 6) is -0.863. The molecule has 0 aliphatic heterocycles. The summed E-state index contributed by atoms with van der Waals surface area (Å²) in [5.41, 5.74) is 1.62. The highest BCUT2D eigenvalue weighted by Gasteiger charge is 2.18. The molecule has 0 amide bonds. The molecule has 0 fully saturated rings. The van der Waals surface area contributed by atoms with Gasteiger partial charge in [-0.05, 0) is 74.0 Å². The molecule has 0 aliphatic carbocycles. The predicted octanol–water partition coefficient (Wildman–Crippen LogP) is 3.14. The summed E-state index contributed by atoms with van der Waals surface area (Å²) in [7, 11) is -3.82. The smallest absolute Gasteiger partial charge is 0.349 e. The van der Waals surface area contributed by atoms with Crippen LogP contribution in [0, 0.1) is 0 Å². The van der Waals surface area contributed by atoms with Gasteiger partial charge in [0.25, 0.3) is 0 Å². The Labute approximate surface area is 257 Å². The molecule has 1 aromatic heterocycles. The second-order valence-corrected chi connectivity index (χ2v) is 12.6. The van der Waals surface area contributed by atoms with Gasteiger partial charge in [-0.3, -0.25) is 4.79 Å². The molecule has 0 aliphatic rings. The van der Waals surface area contributed by atoms with Crippen LogP contribution >= 0.6 is 0 Å². The van der Waals surface area contributed by atoms with Crippen LogP contribution in [0.1, 0.15) is 68.2 Å². The first-order valence-electron chi connectivity index (χ1n) is 14.7. The third kappa shape index (κ3) is 10.8.